The van der Waals surface area contributed by atoms with Crippen molar-refractivity contribution in [2.24, 2.45) is 0 Å². The van der Waals surface area contributed by atoms with Crippen molar-refractivity contribution < 1.29 is 18.4 Å². The molecule has 1 aromatic carbocycles. The number of halogens is 2. The van der Waals surface area contributed by atoms with Crippen molar-refractivity contribution >= 4 is 23.6 Å². The van der Waals surface area contributed by atoms with Gasteiger partial charge in [0.1, 0.15) is 0 Å². The molecule has 4 nitrogen and oxygen atoms in total. The lowest BCUT2D eigenvalue weighted by atomic mass is 10.3. The van der Waals surface area contributed by atoms with Crippen LogP contribution in [0, 0.1) is 11.6 Å². The molecule has 21 heavy (non-hydrogen) atoms. The summed E-state index contributed by atoms with van der Waals surface area (Å²) in [5, 5.41) is 5.15. The van der Waals surface area contributed by atoms with Gasteiger partial charge >= 0.3 is 0 Å². The third kappa shape index (κ3) is 7.08. The molecule has 0 atom stereocenters. The maximum absolute atomic E-state index is 13.0. The summed E-state index contributed by atoms with van der Waals surface area (Å²) in [6.07, 6.45) is 0.193. The van der Waals surface area contributed by atoms with E-state index in [-0.39, 0.29) is 30.8 Å². The van der Waals surface area contributed by atoms with Crippen LogP contribution in [0.25, 0.3) is 0 Å². The maximum Gasteiger partial charge on any atom is 0.239 e. The number of hydrogen-bond donors (Lipinski definition) is 2. The lowest BCUT2D eigenvalue weighted by Crippen LogP contribution is -2.39. The molecule has 0 heterocycles. The Hall–Kier alpha value is -1.63. The van der Waals surface area contributed by atoms with Gasteiger partial charge in [-0.25, -0.2) is 8.78 Å². The molecule has 0 saturated carbocycles. The van der Waals surface area contributed by atoms with E-state index in [1.54, 1.807) is 0 Å². The molecule has 0 radical (unpaired) electrons. The van der Waals surface area contributed by atoms with Gasteiger partial charge in [0.15, 0.2) is 11.6 Å². The van der Waals surface area contributed by atoms with Crippen molar-refractivity contribution in [3.8, 4) is 0 Å². The van der Waals surface area contributed by atoms with Crippen LogP contribution in [-0.2, 0) is 9.59 Å². The van der Waals surface area contributed by atoms with Gasteiger partial charge in [-0.3, -0.25) is 9.59 Å². The zero-order chi connectivity index (χ0) is 15.8. The Morgan fingerprint density at radius 1 is 1.19 bits per heavy atom. The molecule has 0 saturated heterocycles. The summed E-state index contributed by atoms with van der Waals surface area (Å²) in [7, 11) is 0. The largest absolute Gasteiger partial charge is 0.352 e. The predicted molar refractivity (Wildman–Crippen MR) is 78.0 cm³/mol. The second-order valence-corrected chi connectivity index (χ2v) is 5.84. The Morgan fingerprint density at radius 2 is 1.90 bits per heavy atom. The molecular formula is C14H18F2N2O2S. The summed E-state index contributed by atoms with van der Waals surface area (Å²) >= 11 is 1.25. The highest BCUT2D eigenvalue weighted by Crippen LogP contribution is 2.20. The molecule has 0 aliphatic rings. The van der Waals surface area contributed by atoms with Gasteiger partial charge in [-0.2, -0.15) is 0 Å². The van der Waals surface area contributed by atoms with Crippen LogP contribution in [0.15, 0.2) is 23.1 Å². The monoisotopic (exact) mass is 316 g/mol. The normalized spacial score (nSPS) is 10.5. The molecule has 0 aliphatic carbocycles. The zero-order valence-corrected chi connectivity index (χ0v) is 12.7. The second kappa shape index (κ2) is 8.61. The molecule has 7 heteroatoms. The van der Waals surface area contributed by atoms with Gasteiger partial charge in [-0.05, 0) is 32.0 Å². The highest BCUT2D eigenvalue weighted by molar-refractivity contribution is 7.99. The van der Waals surface area contributed by atoms with Crippen molar-refractivity contribution in [1.82, 2.24) is 10.6 Å². The first kappa shape index (κ1) is 17.4. The van der Waals surface area contributed by atoms with Crippen LogP contribution >= 0.6 is 11.8 Å². The van der Waals surface area contributed by atoms with Gasteiger partial charge in [0.25, 0.3) is 0 Å². The average Bonchev–Trinajstić information content (AvgIpc) is 2.40. The number of carbonyl (C=O) groups excluding carboxylic acids is 2. The van der Waals surface area contributed by atoms with Gasteiger partial charge in [-0.15, -0.1) is 11.8 Å². The van der Waals surface area contributed by atoms with E-state index >= 15 is 0 Å². The summed E-state index contributed by atoms with van der Waals surface area (Å²) < 4.78 is 25.7. The molecule has 0 spiro atoms. The number of carbonyl (C=O) groups is 2. The van der Waals surface area contributed by atoms with E-state index in [2.05, 4.69) is 10.6 Å². The molecule has 2 N–H and O–H groups in total. The van der Waals surface area contributed by atoms with Crippen molar-refractivity contribution in [2.45, 2.75) is 31.2 Å². The van der Waals surface area contributed by atoms with Crippen molar-refractivity contribution in [1.29, 1.82) is 0 Å². The molecular weight excluding hydrogens is 298 g/mol. The van der Waals surface area contributed by atoms with Crippen LogP contribution in [0.3, 0.4) is 0 Å². The number of benzene rings is 1. The lowest BCUT2D eigenvalue weighted by molar-refractivity contribution is -0.126. The molecule has 0 fully saturated rings. The number of nitrogens with one attached hydrogen (secondary N) is 2. The fraction of sp³-hybridized carbons (Fsp3) is 0.429. The molecule has 1 rings (SSSR count). The highest BCUT2D eigenvalue weighted by atomic mass is 32.2. The highest BCUT2D eigenvalue weighted by Gasteiger charge is 2.07. The van der Waals surface area contributed by atoms with E-state index in [4.69, 9.17) is 0 Å². The minimum atomic E-state index is -0.908. The summed E-state index contributed by atoms with van der Waals surface area (Å²) in [5.41, 5.74) is 0. The number of thioether (sulfide) groups is 1. The smallest absolute Gasteiger partial charge is 0.239 e. The molecule has 0 aliphatic heterocycles. The van der Waals surface area contributed by atoms with E-state index in [9.17, 15) is 18.4 Å². The van der Waals surface area contributed by atoms with Crippen molar-refractivity contribution in [3.05, 3.63) is 29.8 Å². The molecule has 2 amide bonds. The molecule has 0 bridgehead atoms. The number of hydrogen-bond acceptors (Lipinski definition) is 3. The van der Waals surface area contributed by atoms with Gasteiger partial charge in [-0.1, -0.05) is 0 Å². The van der Waals surface area contributed by atoms with Gasteiger partial charge in [0, 0.05) is 23.1 Å². The third-order valence-corrected chi connectivity index (χ3v) is 3.38. The fourth-order valence-electron chi connectivity index (χ4n) is 1.47. The van der Waals surface area contributed by atoms with Crippen LogP contribution in [0.1, 0.15) is 20.3 Å². The zero-order valence-electron chi connectivity index (χ0n) is 11.9. The fourth-order valence-corrected chi connectivity index (χ4v) is 2.34. The summed E-state index contributed by atoms with van der Waals surface area (Å²) in [5.74, 6) is -1.89. The summed E-state index contributed by atoms with van der Waals surface area (Å²) in [4.78, 5) is 23.4. The van der Waals surface area contributed by atoms with E-state index < -0.39 is 11.6 Å². The average molecular weight is 316 g/mol. The lowest BCUT2D eigenvalue weighted by Gasteiger charge is -2.09. The SMILES string of the molecule is CC(C)NC(=O)CNC(=O)CCSc1ccc(F)c(F)c1. The first-order valence-electron chi connectivity index (χ1n) is 6.52. The maximum atomic E-state index is 13.0. The molecule has 1 aromatic rings. The first-order valence-corrected chi connectivity index (χ1v) is 7.51. The van der Waals surface area contributed by atoms with E-state index in [0.29, 0.717) is 10.6 Å². The summed E-state index contributed by atoms with van der Waals surface area (Å²) in [6, 6.07) is 3.62. The Morgan fingerprint density at radius 3 is 2.52 bits per heavy atom. The van der Waals surface area contributed by atoms with Gasteiger partial charge in [0.2, 0.25) is 11.8 Å². The van der Waals surface area contributed by atoms with E-state index in [1.165, 1.54) is 17.8 Å². The topological polar surface area (TPSA) is 58.2 Å². The number of rotatable bonds is 7. The van der Waals surface area contributed by atoms with Crippen molar-refractivity contribution in [3.63, 3.8) is 0 Å². The van der Waals surface area contributed by atoms with E-state index in [0.717, 1.165) is 12.1 Å². The van der Waals surface area contributed by atoms with Crippen LogP contribution < -0.4 is 10.6 Å². The Labute approximate surface area is 126 Å². The molecule has 0 unspecified atom stereocenters. The van der Waals surface area contributed by atoms with Gasteiger partial charge < -0.3 is 10.6 Å². The van der Waals surface area contributed by atoms with Crippen LogP contribution in [-0.4, -0.2) is 30.2 Å². The molecule has 0 aromatic heterocycles. The number of amides is 2. The van der Waals surface area contributed by atoms with Crippen LogP contribution in [0.5, 0.6) is 0 Å². The minimum Gasteiger partial charge on any atom is -0.352 e. The quantitative estimate of drug-likeness (QED) is 0.757. The Bertz CT molecular complexity index is 510. The van der Waals surface area contributed by atoms with Crippen LogP contribution in [0.4, 0.5) is 8.78 Å². The minimum absolute atomic E-state index is 0.0262. The van der Waals surface area contributed by atoms with Crippen molar-refractivity contribution in [2.75, 3.05) is 12.3 Å². The summed E-state index contributed by atoms with van der Waals surface area (Å²) in [6.45, 7) is 3.60. The van der Waals surface area contributed by atoms with E-state index in [1.807, 2.05) is 13.8 Å². The van der Waals surface area contributed by atoms with Gasteiger partial charge in [0.05, 0.1) is 6.54 Å². The first-order chi connectivity index (χ1) is 9.88. The second-order valence-electron chi connectivity index (χ2n) is 4.67. The Kier molecular flexibility index (Phi) is 7.14. The standard InChI is InChI=1S/C14H18F2N2O2S/c1-9(2)18-14(20)8-17-13(19)5-6-21-10-3-4-11(15)12(16)7-10/h3-4,7,9H,5-6,8H2,1-2H3,(H,17,19)(H,18,20). The Balaban J connectivity index is 2.24. The van der Waals surface area contributed by atoms with Crippen LogP contribution in [0.2, 0.25) is 0 Å². The molecule has 116 valence electrons. The third-order valence-electron chi connectivity index (χ3n) is 2.38. The predicted octanol–water partition coefficient (Wildman–Crippen LogP) is 2.09.